The molecule has 2 N–H and O–H groups in total. The fraction of sp³-hybridized carbons (Fsp3) is 0.386. The molecule has 0 spiro atoms. The minimum absolute atomic E-state index is 0.0238. The van der Waals surface area contributed by atoms with Crippen molar-refractivity contribution in [3.63, 3.8) is 0 Å². The molecule has 0 saturated carbocycles. The Kier molecular flexibility index (Phi) is 11.8. The van der Waals surface area contributed by atoms with Gasteiger partial charge in [0.15, 0.2) is 5.75 Å². The van der Waals surface area contributed by atoms with Crippen molar-refractivity contribution in [2.24, 2.45) is 5.92 Å². The average molecular weight is 789 g/mol. The fourth-order valence-corrected chi connectivity index (χ4v) is 8.38. The van der Waals surface area contributed by atoms with Gasteiger partial charge in [-0.05, 0) is 112 Å². The molecule has 8 nitrogen and oxygen atoms in total. The van der Waals surface area contributed by atoms with E-state index in [-0.39, 0.29) is 24.7 Å². The summed E-state index contributed by atoms with van der Waals surface area (Å²) in [6, 6.07) is 26.4. The van der Waals surface area contributed by atoms with E-state index in [0.29, 0.717) is 84.5 Å². The Labute approximate surface area is 329 Å². The molecule has 12 heteroatoms. The second kappa shape index (κ2) is 16.8. The Morgan fingerprint density at radius 1 is 0.893 bits per heavy atom. The van der Waals surface area contributed by atoms with Gasteiger partial charge in [-0.15, -0.1) is 11.3 Å². The van der Waals surface area contributed by atoms with E-state index >= 15 is 0 Å². The Bertz CT molecular complexity index is 2110. The molecule has 1 aromatic heterocycles. The molecule has 296 valence electrons. The normalized spacial score (nSPS) is 18.2. The Morgan fingerprint density at radius 2 is 1.61 bits per heavy atom. The predicted molar refractivity (Wildman–Crippen MR) is 212 cm³/mol. The van der Waals surface area contributed by atoms with Crippen LogP contribution < -0.4 is 19.5 Å². The molecule has 2 aliphatic heterocycles. The van der Waals surface area contributed by atoms with Crippen LogP contribution in [0.3, 0.4) is 0 Å². The Morgan fingerprint density at radius 3 is 2.30 bits per heavy atom. The number of hydrogen-bond donors (Lipinski definition) is 2. The summed E-state index contributed by atoms with van der Waals surface area (Å²) in [5.74, 6) is 2.36. The highest BCUT2D eigenvalue weighted by molar-refractivity contribution is 7.22. The van der Waals surface area contributed by atoms with E-state index in [1.807, 2.05) is 93.6 Å². The van der Waals surface area contributed by atoms with Gasteiger partial charge in [0.05, 0.1) is 10.4 Å². The maximum atomic E-state index is 14.1. The molecule has 3 heterocycles. The largest absolute Gasteiger partial charge is 0.490 e. The number of rotatable bonds is 10. The number of ether oxygens (including phenoxy) is 4. The van der Waals surface area contributed by atoms with E-state index in [9.17, 15) is 23.1 Å². The molecule has 7 rings (SSSR count). The van der Waals surface area contributed by atoms with Crippen LogP contribution in [0.25, 0.3) is 20.5 Å². The van der Waals surface area contributed by atoms with E-state index in [1.54, 1.807) is 4.90 Å². The molecule has 2 unspecified atom stereocenters. The first-order chi connectivity index (χ1) is 26.8. The van der Waals surface area contributed by atoms with Crippen molar-refractivity contribution in [2.75, 3.05) is 26.2 Å². The zero-order chi connectivity index (χ0) is 39.5. The lowest BCUT2D eigenvalue weighted by molar-refractivity contribution is -0.137. The number of likely N-dealkylation sites (tertiary alicyclic amines) is 1. The maximum absolute atomic E-state index is 14.1. The Hall–Kier alpha value is -4.78. The van der Waals surface area contributed by atoms with Crippen molar-refractivity contribution >= 4 is 27.5 Å². The summed E-state index contributed by atoms with van der Waals surface area (Å²) in [6.45, 7) is 7.57. The quantitative estimate of drug-likeness (QED) is 0.146. The van der Waals surface area contributed by atoms with Crippen molar-refractivity contribution < 1.29 is 42.0 Å². The van der Waals surface area contributed by atoms with Crippen LogP contribution in [0.1, 0.15) is 69.2 Å². The van der Waals surface area contributed by atoms with E-state index < -0.39 is 23.4 Å². The smallest absolute Gasteiger partial charge is 0.416 e. The summed E-state index contributed by atoms with van der Waals surface area (Å²) in [6.07, 6.45) is -2.32. The number of nitrogens with one attached hydrogen (secondary N) is 1. The molecule has 2 aliphatic rings. The third-order valence-corrected chi connectivity index (χ3v) is 11.2. The third kappa shape index (κ3) is 9.59. The predicted octanol–water partition coefficient (Wildman–Crippen LogP) is 10.8. The van der Waals surface area contributed by atoms with Gasteiger partial charge in [0, 0.05) is 54.2 Å². The molecule has 1 amide bonds. The Balaban J connectivity index is 1.18. The standard InChI is InChI=1S/C44H47F3N2O6S/c1-43(2,3)55-42(51)49-21-18-33(19-22-49)53-31-10-12-32(13-11-31)54-40-36-16-14-34(52-27-28-7-5-4-6-8-28)25-39(36)56-41(40)35-15-9-30(44(45,46)47)24-37(35)38-23-29(26-50)17-20-48-38/h4-16,24-25,29,33,38,48,50H,17-23,26-27H2,1-3H3. The number of halogens is 3. The van der Waals surface area contributed by atoms with E-state index in [4.69, 9.17) is 18.9 Å². The van der Waals surface area contributed by atoms with Crippen molar-refractivity contribution in [3.8, 4) is 33.4 Å². The van der Waals surface area contributed by atoms with Crippen LogP contribution in [-0.4, -0.2) is 54.0 Å². The number of nitrogens with zero attached hydrogens (tertiary/aromatic N) is 1. The molecule has 2 atom stereocenters. The zero-order valence-corrected chi connectivity index (χ0v) is 32.6. The zero-order valence-electron chi connectivity index (χ0n) is 31.7. The summed E-state index contributed by atoms with van der Waals surface area (Å²) in [4.78, 5) is 14.9. The van der Waals surface area contributed by atoms with Gasteiger partial charge in [-0.3, -0.25) is 0 Å². The molecular formula is C44H47F3N2O6S. The van der Waals surface area contributed by atoms with Crippen molar-refractivity contribution in [1.29, 1.82) is 0 Å². The van der Waals surface area contributed by atoms with Gasteiger partial charge >= 0.3 is 12.3 Å². The highest BCUT2D eigenvalue weighted by Crippen LogP contribution is 2.50. The minimum atomic E-state index is -4.53. The van der Waals surface area contributed by atoms with Crippen LogP contribution in [0.5, 0.6) is 23.0 Å². The van der Waals surface area contributed by atoms with E-state index in [0.717, 1.165) is 28.1 Å². The maximum Gasteiger partial charge on any atom is 0.416 e. The number of amides is 1. The number of carbonyl (C=O) groups is 1. The fourth-order valence-electron chi connectivity index (χ4n) is 7.17. The summed E-state index contributed by atoms with van der Waals surface area (Å²) >= 11 is 1.44. The lowest BCUT2D eigenvalue weighted by atomic mass is 9.86. The van der Waals surface area contributed by atoms with Crippen LogP contribution in [0.2, 0.25) is 0 Å². The number of fused-ring (bicyclic) bond motifs is 1. The van der Waals surface area contributed by atoms with Crippen LogP contribution in [0, 0.1) is 5.92 Å². The number of piperidine rings is 2. The molecule has 0 aliphatic carbocycles. The number of aliphatic hydroxyl groups is 1. The molecular weight excluding hydrogens is 742 g/mol. The van der Waals surface area contributed by atoms with Gasteiger partial charge in [-0.1, -0.05) is 36.4 Å². The molecule has 5 aromatic rings. The number of carbonyl (C=O) groups excluding carboxylic acids is 1. The first kappa shape index (κ1) is 39.5. The first-order valence-corrected chi connectivity index (χ1v) is 19.9. The molecule has 2 saturated heterocycles. The topological polar surface area (TPSA) is 89.5 Å². The molecule has 56 heavy (non-hydrogen) atoms. The van der Waals surface area contributed by atoms with E-state index in [2.05, 4.69) is 5.32 Å². The number of benzene rings is 4. The third-order valence-electron chi connectivity index (χ3n) is 10.1. The van der Waals surface area contributed by atoms with Crippen LogP contribution in [0.4, 0.5) is 18.0 Å². The van der Waals surface area contributed by atoms with Crippen molar-refractivity contribution in [3.05, 3.63) is 108 Å². The molecule has 4 aromatic carbocycles. The minimum Gasteiger partial charge on any atom is -0.490 e. The van der Waals surface area contributed by atoms with Gasteiger partial charge in [0.1, 0.15) is 35.6 Å². The summed E-state index contributed by atoms with van der Waals surface area (Å²) in [5.41, 5.74) is 0.889. The molecule has 2 fully saturated rings. The lowest BCUT2D eigenvalue weighted by Gasteiger charge is -2.33. The summed E-state index contributed by atoms with van der Waals surface area (Å²) in [5, 5.41) is 14.2. The summed E-state index contributed by atoms with van der Waals surface area (Å²) in [7, 11) is 0. The highest BCUT2D eigenvalue weighted by Gasteiger charge is 2.34. The summed E-state index contributed by atoms with van der Waals surface area (Å²) < 4.78 is 67.9. The van der Waals surface area contributed by atoms with E-state index in [1.165, 1.54) is 23.5 Å². The second-order valence-electron chi connectivity index (χ2n) is 15.4. The second-order valence-corrected chi connectivity index (χ2v) is 16.5. The highest BCUT2D eigenvalue weighted by atomic mass is 32.1. The molecule has 0 radical (unpaired) electrons. The number of thiophene rings is 1. The number of hydrogen-bond acceptors (Lipinski definition) is 8. The van der Waals surface area contributed by atoms with Gasteiger partial charge in [-0.2, -0.15) is 13.2 Å². The SMILES string of the molecule is CC(C)(C)OC(=O)N1CCC(Oc2ccc(Oc3c(-c4ccc(C(F)(F)F)cc4C4CC(CO)CCN4)sc4cc(OCc5ccccc5)ccc34)cc2)CC1. The van der Waals surface area contributed by atoms with Crippen LogP contribution in [0.15, 0.2) is 91.0 Å². The van der Waals surface area contributed by atoms with Crippen LogP contribution in [-0.2, 0) is 17.5 Å². The average Bonchev–Trinajstić information content (AvgIpc) is 3.54. The van der Waals surface area contributed by atoms with Crippen molar-refractivity contribution in [1.82, 2.24) is 10.2 Å². The number of alkyl halides is 3. The monoisotopic (exact) mass is 788 g/mol. The number of aliphatic hydroxyl groups excluding tert-OH is 1. The van der Waals surface area contributed by atoms with Gasteiger partial charge in [-0.25, -0.2) is 4.79 Å². The van der Waals surface area contributed by atoms with Gasteiger partial charge < -0.3 is 34.3 Å². The first-order valence-electron chi connectivity index (χ1n) is 19.0. The van der Waals surface area contributed by atoms with Crippen molar-refractivity contribution in [2.45, 2.75) is 77.0 Å². The lowest BCUT2D eigenvalue weighted by Crippen LogP contribution is -2.44. The molecule has 0 bridgehead atoms. The van der Waals surface area contributed by atoms with Crippen LogP contribution >= 0.6 is 11.3 Å². The van der Waals surface area contributed by atoms with Gasteiger partial charge in [0.2, 0.25) is 0 Å². The van der Waals surface area contributed by atoms with Gasteiger partial charge in [0.25, 0.3) is 0 Å².